The molecule has 0 atom stereocenters. The zero-order chi connectivity index (χ0) is 18.6. The van der Waals surface area contributed by atoms with Gasteiger partial charge in [0.25, 0.3) is 0 Å². The van der Waals surface area contributed by atoms with Crippen molar-refractivity contribution in [3.05, 3.63) is 72.3 Å². The van der Waals surface area contributed by atoms with Crippen molar-refractivity contribution in [2.45, 2.75) is 12.8 Å². The van der Waals surface area contributed by atoms with Gasteiger partial charge in [0.1, 0.15) is 5.75 Å². The molecule has 138 valence electrons. The Morgan fingerprint density at radius 3 is 2.33 bits per heavy atom. The Morgan fingerprint density at radius 1 is 0.852 bits per heavy atom. The monoisotopic (exact) mass is 360 g/mol. The van der Waals surface area contributed by atoms with Gasteiger partial charge in [-0.05, 0) is 47.0 Å². The number of piperazine rings is 1. The fourth-order valence-electron chi connectivity index (χ4n) is 3.79. The van der Waals surface area contributed by atoms with Crippen LogP contribution in [0.4, 0.5) is 5.69 Å². The van der Waals surface area contributed by atoms with E-state index in [4.69, 9.17) is 0 Å². The van der Waals surface area contributed by atoms with Crippen molar-refractivity contribution < 1.29 is 9.90 Å². The number of carbonyl (C=O) groups is 1. The average Bonchev–Trinajstić information content (AvgIpc) is 2.72. The van der Waals surface area contributed by atoms with Crippen LogP contribution in [-0.2, 0) is 11.2 Å². The molecule has 4 rings (SSSR count). The molecular formula is C23H24N2O2. The number of rotatable bonds is 4. The highest BCUT2D eigenvalue weighted by Crippen LogP contribution is 2.22. The Bertz CT molecular complexity index is 923. The second-order valence-corrected chi connectivity index (χ2v) is 7.02. The van der Waals surface area contributed by atoms with Crippen LogP contribution in [0.25, 0.3) is 10.8 Å². The van der Waals surface area contributed by atoms with Crippen molar-refractivity contribution in [3.8, 4) is 5.75 Å². The molecule has 1 saturated heterocycles. The van der Waals surface area contributed by atoms with E-state index in [0.717, 1.165) is 38.3 Å². The van der Waals surface area contributed by atoms with Crippen molar-refractivity contribution in [1.82, 2.24) is 4.90 Å². The summed E-state index contributed by atoms with van der Waals surface area (Å²) in [5.41, 5.74) is 2.33. The van der Waals surface area contributed by atoms with Gasteiger partial charge in [-0.2, -0.15) is 0 Å². The van der Waals surface area contributed by atoms with Gasteiger partial charge in [0.2, 0.25) is 5.91 Å². The SMILES string of the molecule is O=C(CCc1cccc2ccccc12)N1CCN(c2ccc(O)cc2)CC1. The van der Waals surface area contributed by atoms with E-state index in [9.17, 15) is 9.90 Å². The second-order valence-electron chi connectivity index (χ2n) is 7.02. The minimum atomic E-state index is 0.230. The summed E-state index contributed by atoms with van der Waals surface area (Å²) in [4.78, 5) is 16.9. The number of carbonyl (C=O) groups excluding carboxylic acids is 1. The summed E-state index contributed by atoms with van der Waals surface area (Å²) in [6.45, 7) is 3.14. The number of hydrogen-bond acceptors (Lipinski definition) is 3. The Labute approximate surface area is 159 Å². The van der Waals surface area contributed by atoms with Gasteiger partial charge in [-0.3, -0.25) is 4.79 Å². The van der Waals surface area contributed by atoms with Gasteiger partial charge in [0, 0.05) is 38.3 Å². The van der Waals surface area contributed by atoms with Crippen LogP contribution in [0.3, 0.4) is 0 Å². The minimum Gasteiger partial charge on any atom is -0.508 e. The number of phenolic OH excluding ortho intramolecular Hbond substituents is 1. The van der Waals surface area contributed by atoms with Crippen LogP contribution in [0.15, 0.2) is 66.7 Å². The van der Waals surface area contributed by atoms with E-state index in [-0.39, 0.29) is 11.7 Å². The molecule has 0 aromatic heterocycles. The normalized spacial score (nSPS) is 14.5. The molecule has 1 fully saturated rings. The highest BCUT2D eigenvalue weighted by Gasteiger charge is 2.21. The molecule has 4 heteroatoms. The lowest BCUT2D eigenvalue weighted by Gasteiger charge is -2.36. The van der Waals surface area contributed by atoms with E-state index in [1.165, 1.54) is 16.3 Å². The Morgan fingerprint density at radius 2 is 1.56 bits per heavy atom. The van der Waals surface area contributed by atoms with Gasteiger partial charge >= 0.3 is 0 Å². The van der Waals surface area contributed by atoms with Crippen LogP contribution < -0.4 is 4.90 Å². The Kier molecular flexibility index (Phi) is 4.97. The first-order valence-corrected chi connectivity index (χ1v) is 9.49. The molecule has 0 unspecified atom stereocenters. The fourth-order valence-corrected chi connectivity index (χ4v) is 3.79. The quantitative estimate of drug-likeness (QED) is 0.769. The first kappa shape index (κ1) is 17.4. The number of anilines is 1. The number of nitrogens with zero attached hydrogens (tertiary/aromatic N) is 2. The van der Waals surface area contributed by atoms with Crippen molar-refractivity contribution in [1.29, 1.82) is 0 Å². The number of phenols is 1. The summed E-state index contributed by atoms with van der Waals surface area (Å²) >= 11 is 0. The largest absolute Gasteiger partial charge is 0.508 e. The average molecular weight is 360 g/mol. The first-order valence-electron chi connectivity index (χ1n) is 9.49. The molecule has 4 nitrogen and oxygen atoms in total. The van der Waals surface area contributed by atoms with E-state index in [1.54, 1.807) is 12.1 Å². The maximum Gasteiger partial charge on any atom is 0.223 e. The first-order chi connectivity index (χ1) is 13.2. The lowest BCUT2D eigenvalue weighted by molar-refractivity contribution is -0.131. The lowest BCUT2D eigenvalue weighted by atomic mass is 10.0. The predicted molar refractivity (Wildman–Crippen MR) is 109 cm³/mol. The zero-order valence-electron chi connectivity index (χ0n) is 15.3. The van der Waals surface area contributed by atoms with Crippen molar-refractivity contribution in [3.63, 3.8) is 0 Å². The molecule has 1 N–H and O–H groups in total. The van der Waals surface area contributed by atoms with Crippen molar-refractivity contribution in [2.75, 3.05) is 31.1 Å². The molecule has 1 amide bonds. The van der Waals surface area contributed by atoms with Crippen LogP contribution in [0.2, 0.25) is 0 Å². The van der Waals surface area contributed by atoms with E-state index < -0.39 is 0 Å². The smallest absolute Gasteiger partial charge is 0.223 e. The van der Waals surface area contributed by atoms with Gasteiger partial charge in [0.05, 0.1) is 0 Å². The molecule has 3 aromatic carbocycles. The van der Waals surface area contributed by atoms with Crippen LogP contribution in [-0.4, -0.2) is 42.1 Å². The van der Waals surface area contributed by atoms with E-state index in [1.807, 2.05) is 23.1 Å². The number of benzene rings is 3. The molecule has 1 aliphatic heterocycles. The van der Waals surface area contributed by atoms with E-state index in [2.05, 4.69) is 41.3 Å². The lowest BCUT2D eigenvalue weighted by Crippen LogP contribution is -2.48. The van der Waals surface area contributed by atoms with E-state index in [0.29, 0.717) is 6.42 Å². The molecule has 0 saturated carbocycles. The third kappa shape index (κ3) is 3.90. The van der Waals surface area contributed by atoms with Crippen molar-refractivity contribution >= 4 is 22.4 Å². The summed E-state index contributed by atoms with van der Waals surface area (Å²) in [5.74, 6) is 0.509. The van der Waals surface area contributed by atoms with Gasteiger partial charge < -0.3 is 14.9 Å². The van der Waals surface area contributed by atoms with Gasteiger partial charge in [-0.1, -0.05) is 42.5 Å². The van der Waals surface area contributed by atoms with E-state index >= 15 is 0 Å². The van der Waals surface area contributed by atoms with Crippen LogP contribution in [0.5, 0.6) is 5.75 Å². The molecule has 3 aromatic rings. The third-order valence-corrected chi connectivity index (χ3v) is 5.34. The zero-order valence-corrected chi connectivity index (χ0v) is 15.3. The molecule has 0 bridgehead atoms. The molecule has 1 aliphatic rings. The number of aromatic hydroxyl groups is 1. The molecule has 27 heavy (non-hydrogen) atoms. The molecular weight excluding hydrogens is 336 g/mol. The highest BCUT2D eigenvalue weighted by atomic mass is 16.3. The summed E-state index contributed by atoms with van der Waals surface area (Å²) in [7, 11) is 0. The summed E-state index contributed by atoms with van der Waals surface area (Å²) in [6.07, 6.45) is 1.32. The van der Waals surface area contributed by atoms with Gasteiger partial charge in [0.15, 0.2) is 0 Å². The molecule has 0 spiro atoms. The topological polar surface area (TPSA) is 43.8 Å². The fraction of sp³-hybridized carbons (Fsp3) is 0.261. The van der Waals surface area contributed by atoms with Crippen LogP contribution >= 0.6 is 0 Å². The summed E-state index contributed by atoms with van der Waals surface area (Å²) in [5, 5.41) is 11.9. The minimum absolute atomic E-state index is 0.230. The van der Waals surface area contributed by atoms with Gasteiger partial charge in [-0.15, -0.1) is 0 Å². The Hall–Kier alpha value is -3.01. The number of hydrogen-bond donors (Lipinski definition) is 1. The second kappa shape index (κ2) is 7.70. The molecule has 0 radical (unpaired) electrons. The van der Waals surface area contributed by atoms with Crippen molar-refractivity contribution in [2.24, 2.45) is 0 Å². The third-order valence-electron chi connectivity index (χ3n) is 5.34. The maximum atomic E-state index is 12.7. The molecule has 1 heterocycles. The maximum absolute atomic E-state index is 12.7. The number of aryl methyl sites for hydroxylation is 1. The van der Waals surface area contributed by atoms with Crippen LogP contribution in [0, 0.1) is 0 Å². The standard InChI is InChI=1S/C23H24N2O2/c26-21-11-9-20(10-12-21)24-14-16-25(17-15-24)23(27)13-8-19-6-3-5-18-4-1-2-7-22(18)19/h1-7,9-12,26H,8,13-17H2. The Balaban J connectivity index is 1.34. The predicted octanol–water partition coefficient (Wildman–Crippen LogP) is 3.83. The van der Waals surface area contributed by atoms with Gasteiger partial charge in [-0.25, -0.2) is 0 Å². The molecule has 0 aliphatic carbocycles. The summed E-state index contributed by atoms with van der Waals surface area (Å²) < 4.78 is 0. The number of amides is 1. The van der Waals surface area contributed by atoms with Crippen LogP contribution in [0.1, 0.15) is 12.0 Å². The summed E-state index contributed by atoms with van der Waals surface area (Å²) in [6, 6.07) is 21.9. The number of fused-ring (bicyclic) bond motifs is 1. The highest BCUT2D eigenvalue weighted by molar-refractivity contribution is 5.86.